The van der Waals surface area contributed by atoms with Gasteiger partial charge in [-0.15, -0.1) is 0 Å². The van der Waals surface area contributed by atoms with E-state index in [0.717, 1.165) is 0 Å². The molecule has 1 nitrogen and oxygen atoms in total. The van der Waals surface area contributed by atoms with Crippen molar-refractivity contribution in [1.29, 1.82) is 0 Å². The Bertz CT molecular complexity index is 76.4. The van der Waals surface area contributed by atoms with E-state index in [0.29, 0.717) is 12.2 Å². The molecule has 2 aliphatic heterocycles. The van der Waals surface area contributed by atoms with Crippen LogP contribution in [0.5, 0.6) is 0 Å². The zero-order chi connectivity index (χ0) is 5.40. The summed E-state index contributed by atoms with van der Waals surface area (Å²) >= 11 is 0. The molecule has 2 rings (SSSR count). The van der Waals surface area contributed by atoms with Crippen molar-refractivity contribution in [2.75, 3.05) is 0 Å². The Hall–Kier alpha value is -0.0400. The highest BCUT2D eigenvalue weighted by Gasteiger charge is 2.28. The average Bonchev–Trinajstić information content (AvgIpc) is 2.12. The molecule has 0 amide bonds. The molecule has 1 radical (unpaired) electrons. The minimum Gasteiger partial charge on any atom is -0.375 e. The monoisotopic (exact) mass is 111 g/mol. The smallest absolute Gasteiger partial charge is 0.0582 e. The summed E-state index contributed by atoms with van der Waals surface area (Å²) < 4.78 is 5.57. The summed E-state index contributed by atoms with van der Waals surface area (Å²) in [4.78, 5) is 0. The second-order valence-electron chi connectivity index (χ2n) is 2.72. The molecule has 2 heterocycles. The minimum atomic E-state index is 0.605. The van der Waals surface area contributed by atoms with Crippen LogP contribution in [0.3, 0.4) is 0 Å². The van der Waals surface area contributed by atoms with Gasteiger partial charge in [0.25, 0.3) is 0 Å². The lowest BCUT2D eigenvalue weighted by atomic mass is 10.1. The van der Waals surface area contributed by atoms with Crippen LogP contribution < -0.4 is 0 Å². The zero-order valence-corrected chi connectivity index (χ0v) is 4.97. The molecule has 0 aromatic carbocycles. The summed E-state index contributed by atoms with van der Waals surface area (Å²) in [6, 6.07) is 0. The van der Waals surface area contributed by atoms with Crippen molar-refractivity contribution >= 4 is 0 Å². The van der Waals surface area contributed by atoms with Gasteiger partial charge in [0.2, 0.25) is 0 Å². The van der Waals surface area contributed by atoms with Crippen LogP contribution in [-0.2, 0) is 4.74 Å². The molecular weight excluding hydrogens is 100 g/mol. The molecule has 0 aliphatic carbocycles. The van der Waals surface area contributed by atoms with Crippen molar-refractivity contribution in [2.45, 2.75) is 37.9 Å². The molecule has 2 aliphatic rings. The maximum atomic E-state index is 5.57. The highest BCUT2D eigenvalue weighted by Crippen LogP contribution is 2.31. The van der Waals surface area contributed by atoms with Gasteiger partial charge in [-0.2, -0.15) is 0 Å². The Morgan fingerprint density at radius 1 is 1.12 bits per heavy atom. The first-order valence-corrected chi connectivity index (χ1v) is 3.42. The Morgan fingerprint density at radius 3 is 2.25 bits per heavy atom. The first-order valence-electron chi connectivity index (χ1n) is 3.42. The largest absolute Gasteiger partial charge is 0.375 e. The van der Waals surface area contributed by atoms with E-state index in [4.69, 9.17) is 4.74 Å². The van der Waals surface area contributed by atoms with Crippen LogP contribution in [0.4, 0.5) is 0 Å². The third-order valence-electron chi connectivity index (χ3n) is 2.05. The van der Waals surface area contributed by atoms with E-state index in [-0.39, 0.29) is 0 Å². The van der Waals surface area contributed by atoms with E-state index in [2.05, 4.69) is 6.42 Å². The van der Waals surface area contributed by atoms with Gasteiger partial charge in [0.15, 0.2) is 0 Å². The van der Waals surface area contributed by atoms with Crippen LogP contribution in [0.25, 0.3) is 0 Å². The first kappa shape index (κ1) is 4.80. The molecule has 2 fully saturated rings. The van der Waals surface area contributed by atoms with Crippen molar-refractivity contribution in [1.82, 2.24) is 0 Å². The molecule has 2 unspecified atom stereocenters. The number of hydrogen-bond donors (Lipinski definition) is 0. The maximum absolute atomic E-state index is 5.57. The molecule has 0 spiro atoms. The number of ether oxygens (including phenoxy) is 1. The second-order valence-corrected chi connectivity index (χ2v) is 2.72. The third kappa shape index (κ3) is 0.655. The summed E-state index contributed by atoms with van der Waals surface area (Å²) in [5.41, 5.74) is 0. The van der Waals surface area contributed by atoms with Gasteiger partial charge < -0.3 is 4.74 Å². The summed E-state index contributed by atoms with van der Waals surface area (Å²) in [5.74, 6) is 0. The molecule has 0 saturated carbocycles. The van der Waals surface area contributed by atoms with Gasteiger partial charge in [-0.1, -0.05) is 0 Å². The predicted molar refractivity (Wildman–Crippen MR) is 31.4 cm³/mol. The van der Waals surface area contributed by atoms with Crippen molar-refractivity contribution in [3.63, 3.8) is 0 Å². The molecule has 2 bridgehead atoms. The molecule has 0 aromatic rings. The topological polar surface area (TPSA) is 9.23 Å². The summed E-state index contributed by atoms with van der Waals surface area (Å²) in [7, 11) is 0. The van der Waals surface area contributed by atoms with Gasteiger partial charge in [-0.05, 0) is 32.1 Å². The molecular formula is C7H11O. The standard InChI is InChI=1S/C7H11O/c1-2-6-4-5-7(3-1)8-6/h1,6-7H,2-5H2. The Kier molecular flexibility index (Phi) is 1.04. The molecule has 0 N–H and O–H groups in total. The quantitative estimate of drug-likeness (QED) is 0.460. The van der Waals surface area contributed by atoms with Crippen LogP contribution in [0.15, 0.2) is 0 Å². The Morgan fingerprint density at radius 2 is 1.75 bits per heavy atom. The van der Waals surface area contributed by atoms with Gasteiger partial charge in [-0.3, -0.25) is 0 Å². The normalized spacial score (nSPS) is 45.0. The summed E-state index contributed by atoms with van der Waals surface area (Å²) in [6.07, 6.45) is 8.60. The highest BCUT2D eigenvalue weighted by atomic mass is 16.5. The summed E-state index contributed by atoms with van der Waals surface area (Å²) in [5, 5.41) is 0. The molecule has 45 valence electrons. The van der Waals surface area contributed by atoms with Gasteiger partial charge in [0.05, 0.1) is 12.2 Å². The van der Waals surface area contributed by atoms with Crippen molar-refractivity contribution in [3.05, 3.63) is 6.42 Å². The fraction of sp³-hybridized carbons (Fsp3) is 0.857. The lowest BCUT2D eigenvalue weighted by Crippen LogP contribution is -2.16. The van der Waals surface area contributed by atoms with Gasteiger partial charge in [-0.25, -0.2) is 0 Å². The lowest BCUT2D eigenvalue weighted by Gasteiger charge is -2.18. The van der Waals surface area contributed by atoms with E-state index >= 15 is 0 Å². The Labute approximate surface area is 50.0 Å². The molecule has 2 atom stereocenters. The molecule has 0 aromatic heterocycles. The van der Waals surface area contributed by atoms with Crippen LogP contribution in [0.2, 0.25) is 0 Å². The zero-order valence-electron chi connectivity index (χ0n) is 4.97. The van der Waals surface area contributed by atoms with E-state index in [9.17, 15) is 0 Å². The molecule has 1 heteroatoms. The van der Waals surface area contributed by atoms with Crippen molar-refractivity contribution in [2.24, 2.45) is 0 Å². The second kappa shape index (κ2) is 1.73. The average molecular weight is 111 g/mol. The molecule has 8 heavy (non-hydrogen) atoms. The van der Waals surface area contributed by atoms with E-state index in [1.165, 1.54) is 25.7 Å². The van der Waals surface area contributed by atoms with Gasteiger partial charge >= 0.3 is 0 Å². The maximum Gasteiger partial charge on any atom is 0.0582 e. The molecule has 2 saturated heterocycles. The fourth-order valence-electron chi connectivity index (χ4n) is 1.59. The number of fused-ring (bicyclic) bond motifs is 2. The van der Waals surface area contributed by atoms with E-state index < -0.39 is 0 Å². The van der Waals surface area contributed by atoms with Crippen molar-refractivity contribution < 1.29 is 4.74 Å². The third-order valence-corrected chi connectivity index (χ3v) is 2.05. The highest BCUT2D eigenvalue weighted by molar-refractivity contribution is 4.87. The van der Waals surface area contributed by atoms with E-state index in [1.807, 2.05) is 0 Å². The number of hydrogen-bond acceptors (Lipinski definition) is 1. The minimum absolute atomic E-state index is 0.605. The Balaban J connectivity index is 2.03. The van der Waals surface area contributed by atoms with Crippen LogP contribution in [0, 0.1) is 6.42 Å². The first-order chi connectivity index (χ1) is 3.95. The SMILES string of the molecule is [CH]1CC2CCC(C1)O2. The predicted octanol–water partition coefficient (Wildman–Crippen LogP) is 1.53. The number of rotatable bonds is 0. The van der Waals surface area contributed by atoms with Gasteiger partial charge in [0.1, 0.15) is 0 Å². The van der Waals surface area contributed by atoms with E-state index in [1.54, 1.807) is 0 Å². The van der Waals surface area contributed by atoms with Gasteiger partial charge in [0, 0.05) is 0 Å². The lowest BCUT2D eigenvalue weighted by molar-refractivity contribution is 0.0238. The van der Waals surface area contributed by atoms with Crippen LogP contribution >= 0.6 is 0 Å². The summed E-state index contributed by atoms with van der Waals surface area (Å²) in [6.45, 7) is 0. The van der Waals surface area contributed by atoms with Crippen molar-refractivity contribution in [3.8, 4) is 0 Å². The fourth-order valence-corrected chi connectivity index (χ4v) is 1.59. The van der Waals surface area contributed by atoms with Crippen LogP contribution in [0.1, 0.15) is 25.7 Å². The van der Waals surface area contributed by atoms with Crippen LogP contribution in [-0.4, -0.2) is 12.2 Å².